The molecule has 0 amide bonds. The maximum Gasteiger partial charge on any atom is 0.124 e. The average Bonchev–Trinajstić information content (AvgIpc) is 2.94. The summed E-state index contributed by atoms with van der Waals surface area (Å²) in [5.74, 6) is 0.897. The lowest BCUT2D eigenvalue weighted by Crippen LogP contribution is -2.07. The molecule has 21 heavy (non-hydrogen) atoms. The summed E-state index contributed by atoms with van der Waals surface area (Å²) in [6.45, 7) is 1.35. The summed E-state index contributed by atoms with van der Waals surface area (Å²) in [4.78, 5) is 0. The van der Waals surface area contributed by atoms with Crippen LogP contribution < -0.4 is 10.1 Å². The summed E-state index contributed by atoms with van der Waals surface area (Å²) >= 11 is 6.05. The molecule has 0 atom stereocenters. The predicted octanol–water partition coefficient (Wildman–Crippen LogP) is 4.13. The molecule has 0 aromatic heterocycles. The molecule has 0 saturated heterocycles. The fourth-order valence-electron chi connectivity index (χ4n) is 2.89. The smallest absolute Gasteiger partial charge is 0.124 e. The Morgan fingerprint density at radius 3 is 2.81 bits per heavy atom. The van der Waals surface area contributed by atoms with Crippen molar-refractivity contribution in [3.05, 3.63) is 63.7 Å². The van der Waals surface area contributed by atoms with Gasteiger partial charge in [-0.05, 0) is 61.2 Å². The van der Waals surface area contributed by atoms with Gasteiger partial charge in [0.2, 0.25) is 0 Å². The van der Waals surface area contributed by atoms with Crippen LogP contribution in [0.4, 0.5) is 0 Å². The largest absolute Gasteiger partial charge is 0.489 e. The van der Waals surface area contributed by atoms with E-state index in [-0.39, 0.29) is 0 Å². The third-order valence-corrected chi connectivity index (χ3v) is 4.18. The summed E-state index contributed by atoms with van der Waals surface area (Å²) in [5.41, 5.74) is 5.32. The van der Waals surface area contributed by atoms with Crippen molar-refractivity contribution < 1.29 is 4.74 Å². The summed E-state index contributed by atoms with van der Waals surface area (Å²) in [7, 11) is 1.92. The van der Waals surface area contributed by atoms with Gasteiger partial charge in [-0.15, -0.1) is 0 Å². The standard InChI is InChI=1S/C18H20ClNO/c1-20-11-16-10-17(19)7-8-18(16)21-12-13-5-6-14-3-2-4-15(14)9-13/h5-10,20H,2-4,11-12H2,1H3. The highest BCUT2D eigenvalue weighted by molar-refractivity contribution is 6.30. The van der Waals surface area contributed by atoms with Gasteiger partial charge in [-0.3, -0.25) is 0 Å². The lowest BCUT2D eigenvalue weighted by Gasteiger charge is -2.12. The van der Waals surface area contributed by atoms with Gasteiger partial charge in [-0.2, -0.15) is 0 Å². The molecule has 1 N–H and O–H groups in total. The van der Waals surface area contributed by atoms with Gasteiger partial charge in [0.25, 0.3) is 0 Å². The number of ether oxygens (including phenoxy) is 1. The molecule has 3 rings (SSSR count). The molecule has 0 unspecified atom stereocenters. The van der Waals surface area contributed by atoms with Crippen molar-refractivity contribution in [3.63, 3.8) is 0 Å². The van der Waals surface area contributed by atoms with Crippen LogP contribution in [0.5, 0.6) is 5.75 Å². The zero-order chi connectivity index (χ0) is 14.7. The third-order valence-electron chi connectivity index (χ3n) is 3.95. The van der Waals surface area contributed by atoms with Gasteiger partial charge in [0.15, 0.2) is 0 Å². The van der Waals surface area contributed by atoms with Gasteiger partial charge in [-0.25, -0.2) is 0 Å². The normalized spacial score (nSPS) is 13.2. The number of hydrogen-bond acceptors (Lipinski definition) is 2. The first kappa shape index (κ1) is 14.4. The minimum absolute atomic E-state index is 0.603. The number of rotatable bonds is 5. The zero-order valence-corrected chi connectivity index (χ0v) is 13.0. The molecule has 0 spiro atoms. The maximum absolute atomic E-state index is 6.05. The van der Waals surface area contributed by atoms with E-state index in [1.165, 1.54) is 36.0 Å². The molecule has 0 bridgehead atoms. The lowest BCUT2D eigenvalue weighted by atomic mass is 10.1. The Kier molecular flexibility index (Phi) is 4.47. The fourth-order valence-corrected chi connectivity index (χ4v) is 3.09. The molecule has 110 valence electrons. The molecule has 1 aliphatic rings. The van der Waals surface area contributed by atoms with Crippen LogP contribution in [0, 0.1) is 0 Å². The molecule has 0 aliphatic heterocycles. The molecule has 0 heterocycles. The minimum atomic E-state index is 0.603. The van der Waals surface area contributed by atoms with Crippen LogP contribution in [0.1, 0.15) is 28.7 Å². The van der Waals surface area contributed by atoms with Crippen molar-refractivity contribution in [2.75, 3.05) is 7.05 Å². The Bertz CT molecular complexity index is 639. The average molecular weight is 302 g/mol. The number of halogens is 1. The Labute approximate surface area is 131 Å². The molecule has 2 nitrogen and oxygen atoms in total. The minimum Gasteiger partial charge on any atom is -0.489 e. The van der Waals surface area contributed by atoms with E-state index in [9.17, 15) is 0 Å². The van der Waals surface area contributed by atoms with Crippen LogP contribution in [-0.2, 0) is 26.0 Å². The van der Waals surface area contributed by atoms with E-state index in [4.69, 9.17) is 16.3 Å². The second kappa shape index (κ2) is 6.50. The number of benzene rings is 2. The molecule has 0 saturated carbocycles. The lowest BCUT2D eigenvalue weighted by molar-refractivity contribution is 0.302. The van der Waals surface area contributed by atoms with Gasteiger partial charge in [-0.1, -0.05) is 29.8 Å². The number of nitrogens with one attached hydrogen (secondary N) is 1. The number of hydrogen-bond donors (Lipinski definition) is 1. The second-order valence-electron chi connectivity index (χ2n) is 5.53. The number of fused-ring (bicyclic) bond motifs is 1. The van der Waals surface area contributed by atoms with Crippen molar-refractivity contribution in [2.24, 2.45) is 0 Å². The van der Waals surface area contributed by atoms with Crippen LogP contribution >= 0.6 is 11.6 Å². The molecule has 0 fully saturated rings. The van der Waals surface area contributed by atoms with Gasteiger partial charge in [0.05, 0.1) is 0 Å². The molecule has 1 aliphatic carbocycles. The topological polar surface area (TPSA) is 21.3 Å². The fraction of sp³-hybridized carbons (Fsp3) is 0.333. The second-order valence-corrected chi connectivity index (χ2v) is 5.96. The van der Waals surface area contributed by atoms with Crippen LogP contribution in [0.15, 0.2) is 36.4 Å². The highest BCUT2D eigenvalue weighted by Gasteiger charge is 2.11. The molecular weight excluding hydrogens is 282 g/mol. The zero-order valence-electron chi connectivity index (χ0n) is 12.3. The first-order valence-corrected chi connectivity index (χ1v) is 7.80. The molecular formula is C18H20ClNO. The Morgan fingerprint density at radius 2 is 1.95 bits per heavy atom. The van der Waals surface area contributed by atoms with Crippen molar-refractivity contribution in [1.29, 1.82) is 0 Å². The van der Waals surface area contributed by atoms with Gasteiger partial charge < -0.3 is 10.1 Å². The highest BCUT2D eigenvalue weighted by atomic mass is 35.5. The van der Waals surface area contributed by atoms with E-state index in [0.717, 1.165) is 22.9 Å². The predicted molar refractivity (Wildman–Crippen MR) is 87.0 cm³/mol. The van der Waals surface area contributed by atoms with Crippen LogP contribution in [0.2, 0.25) is 5.02 Å². The first-order valence-electron chi connectivity index (χ1n) is 7.43. The summed E-state index contributed by atoms with van der Waals surface area (Å²) in [5, 5.41) is 3.89. The van der Waals surface area contributed by atoms with Crippen LogP contribution in [0.3, 0.4) is 0 Å². The number of aryl methyl sites for hydroxylation is 2. The van der Waals surface area contributed by atoms with Crippen molar-refractivity contribution in [3.8, 4) is 5.75 Å². The summed E-state index contributed by atoms with van der Waals surface area (Å²) < 4.78 is 5.99. The van der Waals surface area contributed by atoms with Crippen molar-refractivity contribution >= 4 is 11.6 Å². The van der Waals surface area contributed by atoms with Crippen LogP contribution in [0.25, 0.3) is 0 Å². The third kappa shape index (κ3) is 3.39. The van der Waals surface area contributed by atoms with Crippen molar-refractivity contribution in [1.82, 2.24) is 5.32 Å². The maximum atomic E-state index is 6.05. The van der Waals surface area contributed by atoms with Gasteiger partial charge in [0.1, 0.15) is 12.4 Å². The van der Waals surface area contributed by atoms with Crippen LogP contribution in [-0.4, -0.2) is 7.05 Å². The summed E-state index contributed by atoms with van der Waals surface area (Å²) in [6, 6.07) is 12.5. The molecule has 3 heteroatoms. The van der Waals surface area contributed by atoms with Crippen molar-refractivity contribution in [2.45, 2.75) is 32.4 Å². The van der Waals surface area contributed by atoms with E-state index in [1.54, 1.807) is 0 Å². The van der Waals surface area contributed by atoms with E-state index >= 15 is 0 Å². The quantitative estimate of drug-likeness (QED) is 0.896. The Morgan fingerprint density at radius 1 is 1.10 bits per heavy atom. The molecule has 2 aromatic carbocycles. The Hall–Kier alpha value is -1.51. The molecule has 2 aromatic rings. The van der Waals surface area contributed by atoms with E-state index in [0.29, 0.717) is 6.61 Å². The first-order chi connectivity index (χ1) is 10.3. The SMILES string of the molecule is CNCc1cc(Cl)ccc1OCc1ccc2c(c1)CCC2. The van der Waals surface area contributed by atoms with E-state index in [2.05, 4.69) is 23.5 Å². The van der Waals surface area contributed by atoms with Gasteiger partial charge in [0, 0.05) is 17.1 Å². The van der Waals surface area contributed by atoms with E-state index < -0.39 is 0 Å². The van der Waals surface area contributed by atoms with E-state index in [1.807, 2.05) is 25.2 Å². The summed E-state index contributed by atoms with van der Waals surface area (Å²) in [6.07, 6.45) is 3.71. The van der Waals surface area contributed by atoms with Gasteiger partial charge >= 0.3 is 0 Å². The molecule has 0 radical (unpaired) electrons. The Balaban J connectivity index is 1.72. The monoisotopic (exact) mass is 301 g/mol. The highest BCUT2D eigenvalue weighted by Crippen LogP contribution is 2.26.